The van der Waals surface area contributed by atoms with Gasteiger partial charge in [0, 0.05) is 0 Å². The van der Waals surface area contributed by atoms with Crippen molar-refractivity contribution < 1.29 is 12.8 Å². The van der Waals surface area contributed by atoms with E-state index in [9.17, 15) is 12.8 Å². The minimum Gasteiger partial charge on any atom is -0.398 e. The number of aryl methyl sites for hydroxylation is 1. The molecule has 0 aliphatic heterocycles. The highest BCUT2D eigenvalue weighted by atomic mass is 32.2. The Kier molecular flexibility index (Phi) is 3.94. The van der Waals surface area contributed by atoms with Gasteiger partial charge >= 0.3 is 0 Å². The smallest absolute Gasteiger partial charge is 0.263 e. The van der Waals surface area contributed by atoms with Crippen LogP contribution in [0.25, 0.3) is 0 Å². The van der Waals surface area contributed by atoms with E-state index >= 15 is 0 Å². The second-order valence-electron chi connectivity index (χ2n) is 4.30. The van der Waals surface area contributed by atoms with Gasteiger partial charge < -0.3 is 5.73 Å². The molecule has 0 amide bonds. The Hall–Kier alpha value is -2.08. The summed E-state index contributed by atoms with van der Waals surface area (Å²) in [7, 11) is -3.84. The number of benzene rings is 2. The molecule has 0 saturated heterocycles. The molecule has 0 fully saturated rings. The van der Waals surface area contributed by atoms with Crippen LogP contribution in [0.3, 0.4) is 0 Å². The van der Waals surface area contributed by atoms with Crippen molar-refractivity contribution >= 4 is 21.4 Å². The van der Waals surface area contributed by atoms with Crippen LogP contribution in [0, 0.1) is 5.82 Å². The molecule has 0 saturated carbocycles. The molecule has 106 valence electrons. The Balaban J connectivity index is 2.41. The standard InChI is InChI=1S/C14H15FN2O2S/c1-2-10-5-3-4-6-13(10)17-20(18,19)14-8-7-11(15)9-12(14)16/h3-9,17H,2,16H2,1H3. The number of rotatable bonds is 4. The van der Waals surface area contributed by atoms with Gasteiger partial charge in [0.25, 0.3) is 10.0 Å². The summed E-state index contributed by atoms with van der Waals surface area (Å²) >= 11 is 0. The number of halogens is 1. The van der Waals surface area contributed by atoms with Gasteiger partial charge in [-0.25, -0.2) is 12.8 Å². The lowest BCUT2D eigenvalue weighted by molar-refractivity contribution is 0.600. The Morgan fingerprint density at radius 3 is 2.55 bits per heavy atom. The lowest BCUT2D eigenvalue weighted by Crippen LogP contribution is -2.16. The van der Waals surface area contributed by atoms with E-state index in [4.69, 9.17) is 5.73 Å². The number of nitrogens with one attached hydrogen (secondary N) is 1. The van der Waals surface area contributed by atoms with Crippen LogP contribution in [0.5, 0.6) is 0 Å². The van der Waals surface area contributed by atoms with Gasteiger partial charge in [0.15, 0.2) is 0 Å². The summed E-state index contributed by atoms with van der Waals surface area (Å²) in [5.74, 6) is -0.574. The first-order valence-corrected chi connectivity index (χ1v) is 7.58. The lowest BCUT2D eigenvalue weighted by atomic mass is 10.1. The highest BCUT2D eigenvalue weighted by Gasteiger charge is 2.18. The lowest BCUT2D eigenvalue weighted by Gasteiger charge is -2.13. The van der Waals surface area contributed by atoms with Crippen LogP contribution < -0.4 is 10.5 Å². The van der Waals surface area contributed by atoms with E-state index in [0.29, 0.717) is 12.1 Å². The van der Waals surface area contributed by atoms with Crippen LogP contribution >= 0.6 is 0 Å². The molecule has 2 aromatic rings. The van der Waals surface area contributed by atoms with Crippen LogP contribution in [0.4, 0.5) is 15.8 Å². The molecule has 0 unspecified atom stereocenters. The van der Waals surface area contributed by atoms with Crippen molar-refractivity contribution in [3.8, 4) is 0 Å². The first-order chi connectivity index (χ1) is 9.44. The first kappa shape index (κ1) is 14.3. The average Bonchev–Trinajstić information content (AvgIpc) is 2.38. The van der Waals surface area contributed by atoms with Crippen molar-refractivity contribution in [3.05, 3.63) is 53.8 Å². The molecule has 0 atom stereocenters. The summed E-state index contributed by atoms with van der Waals surface area (Å²) in [6.45, 7) is 1.93. The molecule has 0 bridgehead atoms. The molecule has 6 heteroatoms. The third-order valence-electron chi connectivity index (χ3n) is 2.90. The maximum atomic E-state index is 13.0. The topological polar surface area (TPSA) is 72.2 Å². The Morgan fingerprint density at radius 2 is 1.90 bits per heavy atom. The molecule has 3 N–H and O–H groups in total. The van der Waals surface area contributed by atoms with Crippen molar-refractivity contribution in [2.24, 2.45) is 0 Å². The second kappa shape index (κ2) is 5.50. The summed E-state index contributed by atoms with van der Waals surface area (Å²) in [6, 6.07) is 10.3. The van der Waals surface area contributed by atoms with E-state index < -0.39 is 15.8 Å². The molecule has 0 aliphatic rings. The van der Waals surface area contributed by atoms with Crippen molar-refractivity contribution in [3.63, 3.8) is 0 Å². The van der Waals surface area contributed by atoms with Gasteiger partial charge in [0.05, 0.1) is 11.4 Å². The number of sulfonamides is 1. The highest BCUT2D eigenvalue weighted by Crippen LogP contribution is 2.24. The van der Waals surface area contributed by atoms with Gasteiger partial charge in [-0.1, -0.05) is 25.1 Å². The molecule has 0 spiro atoms. The summed E-state index contributed by atoms with van der Waals surface area (Å²) < 4.78 is 40.0. The van der Waals surface area contributed by atoms with E-state index in [2.05, 4.69) is 4.72 Å². The van der Waals surface area contributed by atoms with Gasteiger partial charge in [-0.15, -0.1) is 0 Å². The van der Waals surface area contributed by atoms with Crippen LogP contribution in [-0.4, -0.2) is 8.42 Å². The maximum absolute atomic E-state index is 13.0. The number of hydrogen-bond acceptors (Lipinski definition) is 3. The Morgan fingerprint density at radius 1 is 1.20 bits per heavy atom. The van der Waals surface area contributed by atoms with E-state index in [1.54, 1.807) is 12.1 Å². The Bertz CT molecular complexity index is 730. The van der Waals surface area contributed by atoms with Crippen molar-refractivity contribution in [1.82, 2.24) is 0 Å². The molecular formula is C14H15FN2O2S. The molecule has 4 nitrogen and oxygen atoms in total. The van der Waals surface area contributed by atoms with E-state index in [1.165, 1.54) is 0 Å². The summed E-state index contributed by atoms with van der Waals surface area (Å²) in [6.07, 6.45) is 0.692. The molecule has 2 aromatic carbocycles. The number of hydrogen-bond donors (Lipinski definition) is 2. The number of nitrogen functional groups attached to an aromatic ring is 1. The molecule has 0 heterocycles. The Labute approximate surface area is 117 Å². The average molecular weight is 294 g/mol. The largest absolute Gasteiger partial charge is 0.398 e. The predicted octanol–water partition coefficient (Wildman–Crippen LogP) is 2.77. The minimum atomic E-state index is -3.84. The number of nitrogens with two attached hydrogens (primary N) is 1. The fourth-order valence-corrected chi connectivity index (χ4v) is 3.11. The molecular weight excluding hydrogens is 279 g/mol. The number of para-hydroxylation sites is 1. The fraction of sp³-hybridized carbons (Fsp3) is 0.143. The maximum Gasteiger partial charge on any atom is 0.263 e. The monoisotopic (exact) mass is 294 g/mol. The van der Waals surface area contributed by atoms with Crippen molar-refractivity contribution in [1.29, 1.82) is 0 Å². The zero-order valence-corrected chi connectivity index (χ0v) is 11.7. The van der Waals surface area contributed by atoms with Crippen molar-refractivity contribution in [2.45, 2.75) is 18.2 Å². The number of anilines is 2. The van der Waals surface area contributed by atoms with Gasteiger partial charge in [0.2, 0.25) is 0 Å². The van der Waals surface area contributed by atoms with E-state index in [-0.39, 0.29) is 10.6 Å². The molecule has 0 aromatic heterocycles. The third-order valence-corrected chi connectivity index (χ3v) is 4.34. The summed E-state index contributed by atoms with van der Waals surface area (Å²) in [5.41, 5.74) is 6.82. The summed E-state index contributed by atoms with van der Waals surface area (Å²) in [5, 5.41) is 0. The van der Waals surface area contributed by atoms with E-state index in [1.807, 2.05) is 19.1 Å². The van der Waals surface area contributed by atoms with Gasteiger partial charge in [-0.05, 0) is 36.2 Å². The van der Waals surface area contributed by atoms with Crippen LogP contribution in [-0.2, 0) is 16.4 Å². The predicted molar refractivity (Wildman–Crippen MR) is 77.4 cm³/mol. The molecule has 20 heavy (non-hydrogen) atoms. The highest BCUT2D eigenvalue weighted by molar-refractivity contribution is 7.92. The zero-order valence-electron chi connectivity index (χ0n) is 10.9. The van der Waals surface area contributed by atoms with Crippen molar-refractivity contribution in [2.75, 3.05) is 10.5 Å². The zero-order chi connectivity index (χ0) is 14.8. The quantitative estimate of drug-likeness (QED) is 0.852. The summed E-state index contributed by atoms with van der Waals surface area (Å²) in [4.78, 5) is -0.134. The third kappa shape index (κ3) is 2.91. The molecule has 0 radical (unpaired) electrons. The van der Waals surface area contributed by atoms with Crippen LogP contribution in [0.1, 0.15) is 12.5 Å². The minimum absolute atomic E-state index is 0.119. The second-order valence-corrected chi connectivity index (χ2v) is 5.95. The normalized spacial score (nSPS) is 11.3. The first-order valence-electron chi connectivity index (χ1n) is 6.10. The molecule has 2 rings (SSSR count). The van der Waals surface area contributed by atoms with Gasteiger partial charge in [-0.3, -0.25) is 4.72 Å². The SMILES string of the molecule is CCc1ccccc1NS(=O)(=O)c1ccc(F)cc1N. The molecule has 0 aliphatic carbocycles. The fourth-order valence-electron chi connectivity index (χ4n) is 1.89. The van der Waals surface area contributed by atoms with Crippen LogP contribution in [0.15, 0.2) is 47.4 Å². The van der Waals surface area contributed by atoms with Gasteiger partial charge in [-0.2, -0.15) is 0 Å². The van der Waals surface area contributed by atoms with Gasteiger partial charge in [0.1, 0.15) is 10.7 Å². The van der Waals surface area contributed by atoms with Crippen LogP contribution in [0.2, 0.25) is 0 Å². The van der Waals surface area contributed by atoms with E-state index in [0.717, 1.165) is 23.8 Å².